The molecule has 2 aromatic rings. The number of hydrogen-bond donors (Lipinski definition) is 2. The molecular weight excluding hydrogens is 342 g/mol. The van der Waals surface area contributed by atoms with Crippen LogP contribution in [0.15, 0.2) is 29.4 Å². The number of carbonyl (C=O) groups excluding carboxylic acids is 1. The highest BCUT2D eigenvalue weighted by Gasteiger charge is 2.37. The molecule has 8 nitrogen and oxygen atoms in total. The van der Waals surface area contributed by atoms with Crippen LogP contribution in [0.5, 0.6) is 5.75 Å². The second-order valence-corrected chi connectivity index (χ2v) is 6.68. The van der Waals surface area contributed by atoms with Crippen LogP contribution >= 0.6 is 11.8 Å². The van der Waals surface area contributed by atoms with Crippen LogP contribution in [0.4, 0.5) is 0 Å². The standard InChI is InChI=1S/C16H21N5O3S/c1-10-18-19-16-21(10)20-13(11-4-6-12(24-3)7-5-11)14(25-16)15(22)17-8-9-23-2/h4-7,13-14,20H,8-9H2,1-3H3,(H,17,22)/t13-,14+/m0/s1. The van der Waals surface area contributed by atoms with Gasteiger partial charge in [0, 0.05) is 13.7 Å². The molecular formula is C16H21N5O3S. The number of fused-ring (bicyclic) bond motifs is 1. The second-order valence-electron chi connectivity index (χ2n) is 5.57. The van der Waals surface area contributed by atoms with E-state index in [-0.39, 0.29) is 17.2 Å². The number of nitrogens with one attached hydrogen (secondary N) is 2. The number of amides is 1. The number of benzene rings is 1. The molecule has 0 radical (unpaired) electrons. The van der Waals surface area contributed by atoms with Gasteiger partial charge in [-0.2, -0.15) is 0 Å². The maximum atomic E-state index is 12.7. The normalized spacial score (nSPS) is 19.0. The summed E-state index contributed by atoms with van der Waals surface area (Å²) in [5.74, 6) is 1.45. The molecule has 0 saturated heterocycles. The molecule has 2 N–H and O–H groups in total. The molecule has 1 amide bonds. The van der Waals surface area contributed by atoms with Crippen molar-refractivity contribution in [3.8, 4) is 5.75 Å². The zero-order valence-corrected chi connectivity index (χ0v) is 15.2. The molecule has 25 heavy (non-hydrogen) atoms. The van der Waals surface area contributed by atoms with E-state index >= 15 is 0 Å². The van der Waals surface area contributed by atoms with E-state index in [1.807, 2.05) is 35.9 Å². The van der Waals surface area contributed by atoms with Crippen molar-refractivity contribution < 1.29 is 14.3 Å². The first kappa shape index (κ1) is 17.6. The van der Waals surface area contributed by atoms with Crippen molar-refractivity contribution in [2.24, 2.45) is 0 Å². The second kappa shape index (κ2) is 7.75. The molecule has 0 saturated carbocycles. The number of ether oxygens (including phenoxy) is 2. The molecule has 2 heterocycles. The molecule has 1 aliphatic rings. The van der Waals surface area contributed by atoms with Gasteiger partial charge in [0.2, 0.25) is 11.1 Å². The molecule has 0 unspecified atom stereocenters. The number of hydrogen-bond acceptors (Lipinski definition) is 7. The van der Waals surface area contributed by atoms with Crippen molar-refractivity contribution in [3.05, 3.63) is 35.7 Å². The fraction of sp³-hybridized carbons (Fsp3) is 0.438. The SMILES string of the molecule is COCCNC(=O)[C@@H]1Sc2nnc(C)n2N[C@H]1c1ccc(OC)cc1. The van der Waals surface area contributed by atoms with Crippen molar-refractivity contribution in [1.82, 2.24) is 20.2 Å². The van der Waals surface area contributed by atoms with E-state index in [9.17, 15) is 4.79 Å². The Labute approximate surface area is 150 Å². The molecule has 1 aromatic heterocycles. The molecule has 0 fully saturated rings. The van der Waals surface area contributed by atoms with Gasteiger partial charge in [-0.05, 0) is 24.6 Å². The highest BCUT2D eigenvalue weighted by atomic mass is 32.2. The zero-order chi connectivity index (χ0) is 17.8. The van der Waals surface area contributed by atoms with Crippen LogP contribution in [0, 0.1) is 6.92 Å². The molecule has 0 spiro atoms. The summed E-state index contributed by atoms with van der Waals surface area (Å²) in [6.45, 7) is 2.81. The smallest absolute Gasteiger partial charge is 0.236 e. The topological polar surface area (TPSA) is 90.3 Å². The average molecular weight is 363 g/mol. The van der Waals surface area contributed by atoms with Crippen molar-refractivity contribution in [2.45, 2.75) is 23.4 Å². The zero-order valence-electron chi connectivity index (χ0n) is 14.4. The van der Waals surface area contributed by atoms with Gasteiger partial charge >= 0.3 is 0 Å². The molecule has 0 aliphatic carbocycles. The minimum atomic E-state index is -0.374. The van der Waals surface area contributed by atoms with Crippen LogP contribution in [-0.4, -0.2) is 53.4 Å². The maximum absolute atomic E-state index is 12.7. The molecule has 1 aromatic carbocycles. The number of carbonyl (C=O) groups is 1. The summed E-state index contributed by atoms with van der Waals surface area (Å²) in [5, 5.41) is 11.4. The molecule has 1 aliphatic heterocycles. The largest absolute Gasteiger partial charge is 0.497 e. The molecule has 0 bridgehead atoms. The van der Waals surface area contributed by atoms with E-state index in [1.54, 1.807) is 14.2 Å². The summed E-state index contributed by atoms with van der Waals surface area (Å²) in [4.78, 5) is 12.7. The van der Waals surface area contributed by atoms with Crippen LogP contribution in [0.2, 0.25) is 0 Å². The summed E-state index contributed by atoms with van der Waals surface area (Å²) in [5.41, 5.74) is 4.34. The predicted molar refractivity (Wildman–Crippen MR) is 94.4 cm³/mol. The summed E-state index contributed by atoms with van der Waals surface area (Å²) < 4.78 is 12.0. The summed E-state index contributed by atoms with van der Waals surface area (Å²) in [7, 11) is 3.23. The Morgan fingerprint density at radius 1 is 1.32 bits per heavy atom. The Morgan fingerprint density at radius 3 is 2.76 bits per heavy atom. The van der Waals surface area contributed by atoms with Gasteiger partial charge in [0.25, 0.3) is 0 Å². The Kier molecular flexibility index (Phi) is 5.44. The van der Waals surface area contributed by atoms with Gasteiger partial charge in [-0.1, -0.05) is 23.9 Å². The fourth-order valence-corrected chi connectivity index (χ4v) is 3.75. The number of thioether (sulfide) groups is 1. The lowest BCUT2D eigenvalue weighted by Gasteiger charge is -2.32. The molecule has 2 atom stereocenters. The van der Waals surface area contributed by atoms with E-state index in [0.29, 0.717) is 18.3 Å². The van der Waals surface area contributed by atoms with Crippen LogP contribution in [0.1, 0.15) is 17.4 Å². The highest BCUT2D eigenvalue weighted by molar-refractivity contribution is 8.00. The monoisotopic (exact) mass is 363 g/mol. The Bertz CT molecular complexity index is 734. The predicted octanol–water partition coefficient (Wildman–Crippen LogP) is 1.12. The lowest BCUT2D eigenvalue weighted by molar-refractivity contribution is -0.121. The quantitative estimate of drug-likeness (QED) is 0.743. The lowest BCUT2D eigenvalue weighted by Crippen LogP contribution is -2.44. The number of rotatable bonds is 6. The van der Waals surface area contributed by atoms with Gasteiger partial charge in [0.1, 0.15) is 16.8 Å². The van der Waals surface area contributed by atoms with E-state index in [1.165, 1.54) is 11.8 Å². The van der Waals surface area contributed by atoms with Crippen molar-refractivity contribution in [3.63, 3.8) is 0 Å². The third-order valence-electron chi connectivity index (χ3n) is 3.94. The molecule has 3 rings (SSSR count). The number of methoxy groups -OCH3 is 2. The number of aryl methyl sites for hydroxylation is 1. The first-order valence-corrected chi connectivity index (χ1v) is 8.78. The Balaban J connectivity index is 1.87. The number of nitrogens with zero attached hydrogens (tertiary/aromatic N) is 3. The summed E-state index contributed by atoms with van der Waals surface area (Å²) in [6.07, 6.45) is 0. The first-order valence-electron chi connectivity index (χ1n) is 7.90. The maximum Gasteiger partial charge on any atom is 0.236 e. The van der Waals surface area contributed by atoms with E-state index in [4.69, 9.17) is 9.47 Å². The van der Waals surface area contributed by atoms with Crippen molar-refractivity contribution >= 4 is 17.7 Å². The average Bonchev–Trinajstić information content (AvgIpc) is 3.01. The Hall–Kier alpha value is -2.26. The molecule has 9 heteroatoms. The summed E-state index contributed by atoms with van der Waals surface area (Å²) >= 11 is 1.40. The van der Waals surface area contributed by atoms with Crippen LogP contribution in [0.25, 0.3) is 0 Å². The first-order chi connectivity index (χ1) is 12.1. The minimum absolute atomic E-state index is 0.0673. The van der Waals surface area contributed by atoms with Gasteiger partial charge < -0.3 is 20.2 Å². The highest BCUT2D eigenvalue weighted by Crippen LogP contribution is 2.37. The van der Waals surface area contributed by atoms with E-state index in [2.05, 4.69) is 20.9 Å². The van der Waals surface area contributed by atoms with Crippen molar-refractivity contribution in [1.29, 1.82) is 0 Å². The van der Waals surface area contributed by atoms with Crippen LogP contribution < -0.4 is 15.5 Å². The molecule has 134 valence electrons. The number of aromatic nitrogens is 3. The third kappa shape index (κ3) is 3.72. The van der Waals surface area contributed by atoms with Crippen molar-refractivity contribution in [2.75, 3.05) is 32.8 Å². The minimum Gasteiger partial charge on any atom is -0.497 e. The van der Waals surface area contributed by atoms with Gasteiger partial charge in [-0.3, -0.25) is 4.79 Å². The van der Waals surface area contributed by atoms with Crippen LogP contribution in [0.3, 0.4) is 0 Å². The summed E-state index contributed by atoms with van der Waals surface area (Å²) in [6, 6.07) is 7.46. The van der Waals surface area contributed by atoms with Gasteiger partial charge in [0.15, 0.2) is 0 Å². The Morgan fingerprint density at radius 2 is 2.08 bits per heavy atom. The van der Waals surface area contributed by atoms with Gasteiger partial charge in [-0.25, -0.2) is 4.68 Å². The van der Waals surface area contributed by atoms with Crippen LogP contribution in [-0.2, 0) is 9.53 Å². The van der Waals surface area contributed by atoms with E-state index < -0.39 is 0 Å². The fourth-order valence-electron chi connectivity index (χ4n) is 2.60. The van der Waals surface area contributed by atoms with Gasteiger partial charge in [0.05, 0.1) is 19.8 Å². The van der Waals surface area contributed by atoms with E-state index in [0.717, 1.165) is 17.1 Å². The lowest BCUT2D eigenvalue weighted by atomic mass is 10.0. The van der Waals surface area contributed by atoms with Gasteiger partial charge in [-0.15, -0.1) is 10.2 Å². The third-order valence-corrected chi connectivity index (χ3v) is 5.15.